The van der Waals surface area contributed by atoms with Gasteiger partial charge in [0.05, 0.1) is 10.9 Å². The lowest BCUT2D eigenvalue weighted by Gasteiger charge is -2.22. The van der Waals surface area contributed by atoms with Crippen LogP contribution in [0.25, 0.3) is 10.9 Å². The minimum absolute atomic E-state index is 0.177. The largest absolute Gasteiger partial charge is 0.474 e. The molecule has 1 N–H and O–H groups in total. The summed E-state index contributed by atoms with van der Waals surface area (Å²) in [5, 5.41) is 8.25. The van der Waals surface area contributed by atoms with E-state index in [1.54, 1.807) is 13.1 Å². The van der Waals surface area contributed by atoms with Gasteiger partial charge in [0.25, 0.3) is 0 Å². The molecule has 1 aliphatic carbocycles. The van der Waals surface area contributed by atoms with E-state index in [1.807, 2.05) is 6.07 Å². The Hall–Kier alpha value is -1.91. The Balaban J connectivity index is 1.86. The molecule has 0 aliphatic heterocycles. The number of fused-ring (bicyclic) bond motifs is 1. The molecule has 0 amide bonds. The number of ketones is 1. The number of aromatic amines is 1. The third-order valence-electron chi connectivity index (χ3n) is 4.06. The van der Waals surface area contributed by atoms with E-state index in [-0.39, 0.29) is 11.9 Å². The molecule has 1 fully saturated rings. The van der Waals surface area contributed by atoms with Gasteiger partial charge in [0.15, 0.2) is 0 Å². The second kappa shape index (κ2) is 6.24. The molecule has 5 nitrogen and oxygen atoms in total. The molecular formula is C16H21N3O2. The smallest absolute Gasteiger partial charge is 0.225 e. The van der Waals surface area contributed by atoms with Crippen LogP contribution in [-0.2, 0) is 11.2 Å². The van der Waals surface area contributed by atoms with Gasteiger partial charge in [-0.1, -0.05) is 6.42 Å². The molecule has 0 radical (unpaired) electrons. The summed E-state index contributed by atoms with van der Waals surface area (Å²) >= 11 is 0. The van der Waals surface area contributed by atoms with E-state index in [4.69, 9.17) is 4.74 Å². The molecule has 1 saturated carbocycles. The second-order valence-corrected chi connectivity index (χ2v) is 5.79. The predicted octanol–water partition coefficient (Wildman–Crippen LogP) is 3.19. The molecular weight excluding hydrogens is 266 g/mol. The standard InChI is InChI=1S/C16H21N3O2/c1-11(20)7-8-13-15-14(19-18-13)9-10-17-16(15)21-12-5-3-2-4-6-12/h9-10,12H,2-8H2,1H3,(H,18,19). The summed E-state index contributed by atoms with van der Waals surface area (Å²) < 4.78 is 6.12. The number of pyridine rings is 1. The highest BCUT2D eigenvalue weighted by Gasteiger charge is 2.19. The molecule has 2 aromatic heterocycles. The number of aryl methyl sites for hydroxylation is 1. The van der Waals surface area contributed by atoms with Crippen LogP contribution < -0.4 is 4.74 Å². The monoisotopic (exact) mass is 287 g/mol. The molecule has 0 atom stereocenters. The first-order valence-electron chi connectivity index (χ1n) is 7.72. The summed E-state index contributed by atoms with van der Waals surface area (Å²) in [4.78, 5) is 15.6. The average molecular weight is 287 g/mol. The Labute approximate surface area is 124 Å². The van der Waals surface area contributed by atoms with Crippen molar-refractivity contribution in [3.63, 3.8) is 0 Å². The molecule has 0 spiro atoms. The van der Waals surface area contributed by atoms with E-state index in [1.165, 1.54) is 19.3 Å². The Bertz CT molecular complexity index is 629. The highest BCUT2D eigenvalue weighted by molar-refractivity contribution is 5.86. The number of nitrogens with one attached hydrogen (secondary N) is 1. The SMILES string of the molecule is CC(=O)CCc1[nH]nc2ccnc(OC3CCCCC3)c12. The maximum atomic E-state index is 11.2. The summed E-state index contributed by atoms with van der Waals surface area (Å²) in [5.74, 6) is 0.836. The maximum Gasteiger partial charge on any atom is 0.225 e. The Morgan fingerprint density at radius 1 is 1.38 bits per heavy atom. The lowest BCUT2D eigenvalue weighted by molar-refractivity contribution is -0.116. The van der Waals surface area contributed by atoms with Crippen LogP contribution in [0.4, 0.5) is 0 Å². The highest BCUT2D eigenvalue weighted by atomic mass is 16.5. The number of hydrogen-bond acceptors (Lipinski definition) is 4. The van der Waals surface area contributed by atoms with Crippen molar-refractivity contribution < 1.29 is 9.53 Å². The molecule has 2 heterocycles. The number of carbonyl (C=O) groups excluding carboxylic acids is 1. The second-order valence-electron chi connectivity index (χ2n) is 5.79. The zero-order valence-electron chi connectivity index (χ0n) is 12.4. The summed E-state index contributed by atoms with van der Waals surface area (Å²) in [7, 11) is 0. The number of Topliss-reactive ketones (excluding diaryl/α,β-unsaturated/α-hetero) is 1. The first-order valence-corrected chi connectivity index (χ1v) is 7.72. The van der Waals surface area contributed by atoms with Crippen LogP contribution in [0, 0.1) is 0 Å². The topological polar surface area (TPSA) is 67.9 Å². The van der Waals surface area contributed by atoms with Crippen molar-refractivity contribution in [1.29, 1.82) is 0 Å². The predicted molar refractivity (Wildman–Crippen MR) is 80.4 cm³/mol. The Morgan fingerprint density at radius 2 is 2.19 bits per heavy atom. The maximum absolute atomic E-state index is 11.2. The first-order chi connectivity index (χ1) is 10.2. The van der Waals surface area contributed by atoms with Gasteiger partial charge in [-0.15, -0.1) is 0 Å². The molecule has 21 heavy (non-hydrogen) atoms. The van der Waals surface area contributed by atoms with Crippen molar-refractivity contribution >= 4 is 16.7 Å². The summed E-state index contributed by atoms with van der Waals surface area (Å²) in [6.07, 6.45) is 9.09. The summed E-state index contributed by atoms with van der Waals surface area (Å²) in [5.41, 5.74) is 1.80. The third-order valence-corrected chi connectivity index (χ3v) is 4.06. The van der Waals surface area contributed by atoms with E-state index in [9.17, 15) is 4.79 Å². The molecule has 0 saturated heterocycles. The molecule has 1 aliphatic rings. The molecule has 3 rings (SSSR count). The van der Waals surface area contributed by atoms with Crippen molar-refractivity contribution in [2.24, 2.45) is 0 Å². The number of ether oxygens (including phenoxy) is 1. The number of carbonyl (C=O) groups is 1. The number of nitrogens with zero attached hydrogens (tertiary/aromatic N) is 2. The zero-order chi connectivity index (χ0) is 14.7. The van der Waals surface area contributed by atoms with Crippen LogP contribution in [0.15, 0.2) is 12.3 Å². The van der Waals surface area contributed by atoms with Gasteiger partial charge in [0.2, 0.25) is 5.88 Å². The average Bonchev–Trinajstić information content (AvgIpc) is 2.90. The number of hydrogen-bond donors (Lipinski definition) is 1. The minimum atomic E-state index is 0.177. The van der Waals surface area contributed by atoms with Crippen LogP contribution in [0.5, 0.6) is 5.88 Å². The molecule has 0 bridgehead atoms. The van der Waals surface area contributed by atoms with Crippen molar-refractivity contribution in [3.8, 4) is 5.88 Å². The van der Waals surface area contributed by atoms with Gasteiger partial charge in [0.1, 0.15) is 11.9 Å². The van der Waals surface area contributed by atoms with Crippen molar-refractivity contribution in [3.05, 3.63) is 18.0 Å². The van der Waals surface area contributed by atoms with Crippen LogP contribution in [-0.4, -0.2) is 27.1 Å². The van der Waals surface area contributed by atoms with Gasteiger partial charge in [0, 0.05) is 18.3 Å². The molecule has 0 aromatic carbocycles. The normalized spacial score (nSPS) is 16.2. The van der Waals surface area contributed by atoms with E-state index < -0.39 is 0 Å². The lowest BCUT2D eigenvalue weighted by Crippen LogP contribution is -2.20. The number of aromatic nitrogens is 3. The summed E-state index contributed by atoms with van der Waals surface area (Å²) in [6, 6.07) is 1.87. The number of H-pyrrole nitrogens is 1. The zero-order valence-corrected chi connectivity index (χ0v) is 12.4. The van der Waals surface area contributed by atoms with Crippen LogP contribution in [0.3, 0.4) is 0 Å². The fourth-order valence-electron chi connectivity index (χ4n) is 2.91. The first kappa shape index (κ1) is 14.0. The fourth-order valence-corrected chi connectivity index (χ4v) is 2.91. The Kier molecular flexibility index (Phi) is 4.18. The van der Waals surface area contributed by atoms with E-state index in [0.29, 0.717) is 18.7 Å². The van der Waals surface area contributed by atoms with Crippen LogP contribution in [0.1, 0.15) is 51.1 Å². The third kappa shape index (κ3) is 3.23. The molecule has 5 heteroatoms. The molecule has 112 valence electrons. The highest BCUT2D eigenvalue weighted by Crippen LogP contribution is 2.29. The van der Waals surface area contributed by atoms with Gasteiger partial charge >= 0.3 is 0 Å². The van der Waals surface area contributed by atoms with Crippen LogP contribution in [0.2, 0.25) is 0 Å². The molecule has 2 aromatic rings. The Morgan fingerprint density at radius 3 is 2.95 bits per heavy atom. The van der Waals surface area contributed by atoms with Crippen molar-refractivity contribution in [1.82, 2.24) is 15.2 Å². The molecule has 0 unspecified atom stereocenters. The van der Waals surface area contributed by atoms with Crippen LogP contribution >= 0.6 is 0 Å². The minimum Gasteiger partial charge on any atom is -0.474 e. The van der Waals surface area contributed by atoms with E-state index in [2.05, 4.69) is 15.2 Å². The van der Waals surface area contributed by atoms with Gasteiger partial charge in [-0.05, 0) is 45.1 Å². The van der Waals surface area contributed by atoms with Gasteiger partial charge in [-0.25, -0.2) is 4.98 Å². The summed E-state index contributed by atoms with van der Waals surface area (Å²) in [6.45, 7) is 1.61. The number of rotatable bonds is 5. The van der Waals surface area contributed by atoms with E-state index in [0.717, 1.165) is 29.4 Å². The quantitative estimate of drug-likeness (QED) is 0.917. The lowest BCUT2D eigenvalue weighted by atomic mass is 9.98. The van der Waals surface area contributed by atoms with Crippen molar-refractivity contribution in [2.45, 2.75) is 58.0 Å². The van der Waals surface area contributed by atoms with Gasteiger partial charge in [-0.3, -0.25) is 5.10 Å². The van der Waals surface area contributed by atoms with Gasteiger partial charge < -0.3 is 9.53 Å². The van der Waals surface area contributed by atoms with E-state index >= 15 is 0 Å². The van der Waals surface area contributed by atoms with Gasteiger partial charge in [-0.2, -0.15) is 5.10 Å². The fraction of sp³-hybridized carbons (Fsp3) is 0.562. The van der Waals surface area contributed by atoms with Crippen molar-refractivity contribution in [2.75, 3.05) is 0 Å².